The summed E-state index contributed by atoms with van der Waals surface area (Å²) in [6.07, 6.45) is 0.931. The van der Waals surface area contributed by atoms with Crippen molar-refractivity contribution in [3.63, 3.8) is 0 Å². The summed E-state index contributed by atoms with van der Waals surface area (Å²) in [4.78, 5) is 19.2. The van der Waals surface area contributed by atoms with E-state index in [1.54, 1.807) is 11.3 Å². The SMILES string of the molecule is Cc1nc2ccc(N[C@H](C)C(=O)N3CCc4ccccc43)cc2s1. The Balaban J connectivity index is 1.53. The predicted octanol–water partition coefficient (Wildman–Crippen LogP) is 3.99. The second kappa shape index (κ2) is 5.91. The third kappa shape index (κ3) is 2.65. The smallest absolute Gasteiger partial charge is 0.249 e. The molecule has 0 aliphatic carbocycles. The summed E-state index contributed by atoms with van der Waals surface area (Å²) >= 11 is 1.67. The number of hydrogen-bond donors (Lipinski definition) is 1. The number of nitrogens with one attached hydrogen (secondary N) is 1. The van der Waals surface area contributed by atoms with E-state index in [-0.39, 0.29) is 11.9 Å². The Hall–Kier alpha value is -2.40. The van der Waals surface area contributed by atoms with Crippen LogP contribution in [0.4, 0.5) is 11.4 Å². The first kappa shape index (κ1) is 15.1. The van der Waals surface area contributed by atoms with Gasteiger partial charge < -0.3 is 10.2 Å². The molecule has 0 saturated heterocycles. The van der Waals surface area contributed by atoms with Crippen molar-refractivity contribution in [2.24, 2.45) is 0 Å². The average Bonchev–Trinajstić information content (AvgIpc) is 3.16. The van der Waals surface area contributed by atoms with E-state index in [1.807, 2.05) is 49.1 Å². The van der Waals surface area contributed by atoms with E-state index < -0.39 is 0 Å². The molecular weight excluding hydrogens is 318 g/mol. The number of carbonyl (C=O) groups is 1. The summed E-state index contributed by atoms with van der Waals surface area (Å²) in [5, 5.41) is 4.39. The van der Waals surface area contributed by atoms with E-state index >= 15 is 0 Å². The van der Waals surface area contributed by atoms with Gasteiger partial charge in [0.25, 0.3) is 0 Å². The quantitative estimate of drug-likeness (QED) is 0.786. The minimum Gasteiger partial charge on any atom is -0.374 e. The monoisotopic (exact) mass is 337 g/mol. The predicted molar refractivity (Wildman–Crippen MR) is 99.9 cm³/mol. The van der Waals surface area contributed by atoms with E-state index in [1.165, 1.54) is 5.56 Å². The highest BCUT2D eigenvalue weighted by atomic mass is 32.1. The molecular formula is C19H19N3OS. The molecule has 0 fully saturated rings. The molecule has 0 radical (unpaired) electrons. The van der Waals surface area contributed by atoms with Crippen molar-refractivity contribution in [1.29, 1.82) is 0 Å². The molecule has 1 atom stereocenters. The Morgan fingerprint density at radius 2 is 2.12 bits per heavy atom. The summed E-state index contributed by atoms with van der Waals surface area (Å²) < 4.78 is 1.14. The molecule has 3 aromatic rings. The summed E-state index contributed by atoms with van der Waals surface area (Å²) in [5.74, 6) is 0.112. The van der Waals surface area contributed by atoms with Gasteiger partial charge in [-0.25, -0.2) is 4.98 Å². The zero-order valence-electron chi connectivity index (χ0n) is 13.7. The lowest BCUT2D eigenvalue weighted by Gasteiger charge is -2.23. The van der Waals surface area contributed by atoms with Gasteiger partial charge in [-0.15, -0.1) is 11.3 Å². The third-order valence-electron chi connectivity index (χ3n) is 4.40. The van der Waals surface area contributed by atoms with E-state index in [4.69, 9.17) is 0 Å². The Morgan fingerprint density at radius 1 is 1.29 bits per heavy atom. The van der Waals surface area contributed by atoms with Gasteiger partial charge in [-0.2, -0.15) is 0 Å². The number of thiazole rings is 1. The Bertz CT molecular complexity index is 918. The second-order valence-electron chi connectivity index (χ2n) is 6.15. The zero-order valence-corrected chi connectivity index (χ0v) is 14.6. The fourth-order valence-electron chi connectivity index (χ4n) is 3.24. The van der Waals surface area contributed by atoms with Crippen LogP contribution in [0.2, 0.25) is 0 Å². The zero-order chi connectivity index (χ0) is 16.7. The highest BCUT2D eigenvalue weighted by Crippen LogP contribution is 2.29. The highest BCUT2D eigenvalue weighted by Gasteiger charge is 2.27. The van der Waals surface area contributed by atoms with Gasteiger partial charge in [0.1, 0.15) is 6.04 Å². The van der Waals surface area contributed by atoms with Crippen LogP contribution < -0.4 is 10.2 Å². The molecule has 122 valence electrons. The van der Waals surface area contributed by atoms with Gasteiger partial charge in [0.05, 0.1) is 15.2 Å². The molecule has 24 heavy (non-hydrogen) atoms. The first-order valence-electron chi connectivity index (χ1n) is 8.15. The standard InChI is InChI=1S/C19H19N3OS/c1-12(19(23)22-10-9-14-5-3-4-6-17(14)22)20-15-7-8-16-18(11-15)24-13(2)21-16/h3-8,11-12,20H,9-10H2,1-2H3/t12-/m1/s1. The van der Waals surface area contributed by atoms with Gasteiger partial charge in [0.2, 0.25) is 5.91 Å². The molecule has 0 bridgehead atoms. The fourth-order valence-corrected chi connectivity index (χ4v) is 4.11. The molecule has 2 heterocycles. The topological polar surface area (TPSA) is 45.2 Å². The summed E-state index contributed by atoms with van der Waals surface area (Å²) in [7, 11) is 0. The van der Waals surface area contributed by atoms with Gasteiger partial charge in [-0.3, -0.25) is 4.79 Å². The Morgan fingerprint density at radius 3 is 3.00 bits per heavy atom. The first-order valence-corrected chi connectivity index (χ1v) is 8.96. The maximum Gasteiger partial charge on any atom is 0.249 e. The molecule has 1 amide bonds. The molecule has 0 unspecified atom stereocenters. The number of para-hydroxylation sites is 1. The third-order valence-corrected chi connectivity index (χ3v) is 5.34. The molecule has 1 aliphatic rings. The maximum absolute atomic E-state index is 12.8. The number of rotatable bonds is 3. The van der Waals surface area contributed by atoms with E-state index in [0.717, 1.165) is 39.6 Å². The minimum atomic E-state index is -0.275. The van der Waals surface area contributed by atoms with Crippen LogP contribution in [0, 0.1) is 6.92 Å². The van der Waals surface area contributed by atoms with Crippen molar-refractivity contribution in [3.05, 3.63) is 53.0 Å². The number of hydrogen-bond acceptors (Lipinski definition) is 4. The number of amides is 1. The van der Waals surface area contributed by atoms with Crippen LogP contribution >= 0.6 is 11.3 Å². The van der Waals surface area contributed by atoms with Gasteiger partial charge in [-0.1, -0.05) is 18.2 Å². The van der Waals surface area contributed by atoms with Crippen LogP contribution in [0.25, 0.3) is 10.2 Å². The van der Waals surface area contributed by atoms with Gasteiger partial charge in [0.15, 0.2) is 0 Å². The molecule has 1 N–H and O–H groups in total. The number of anilines is 2. The number of carbonyl (C=O) groups excluding carboxylic acids is 1. The first-order chi connectivity index (χ1) is 11.6. The van der Waals surface area contributed by atoms with E-state index in [0.29, 0.717) is 0 Å². The van der Waals surface area contributed by atoms with Crippen LogP contribution in [-0.2, 0) is 11.2 Å². The van der Waals surface area contributed by atoms with Crippen molar-refractivity contribution in [2.45, 2.75) is 26.3 Å². The summed E-state index contributed by atoms with van der Waals surface area (Å²) in [5.41, 5.74) is 4.26. The van der Waals surface area contributed by atoms with Gasteiger partial charge in [0, 0.05) is 17.9 Å². The second-order valence-corrected chi connectivity index (χ2v) is 7.38. The van der Waals surface area contributed by atoms with Crippen LogP contribution in [0.15, 0.2) is 42.5 Å². The molecule has 4 nitrogen and oxygen atoms in total. The van der Waals surface area contributed by atoms with Crippen LogP contribution in [-0.4, -0.2) is 23.5 Å². The molecule has 1 aromatic heterocycles. The number of aryl methyl sites for hydroxylation is 1. The highest BCUT2D eigenvalue weighted by molar-refractivity contribution is 7.18. The minimum absolute atomic E-state index is 0.112. The fraction of sp³-hybridized carbons (Fsp3) is 0.263. The van der Waals surface area contributed by atoms with Crippen molar-refractivity contribution in [1.82, 2.24) is 4.98 Å². The summed E-state index contributed by atoms with van der Waals surface area (Å²) in [6.45, 7) is 4.69. The summed E-state index contributed by atoms with van der Waals surface area (Å²) in [6, 6.07) is 13.9. The lowest BCUT2D eigenvalue weighted by Crippen LogP contribution is -2.40. The lowest BCUT2D eigenvalue weighted by atomic mass is 10.2. The average molecular weight is 337 g/mol. The van der Waals surface area contributed by atoms with Crippen LogP contribution in [0.3, 0.4) is 0 Å². The van der Waals surface area contributed by atoms with E-state index in [9.17, 15) is 4.79 Å². The van der Waals surface area contributed by atoms with E-state index in [2.05, 4.69) is 22.4 Å². The number of aromatic nitrogens is 1. The number of nitrogens with zero attached hydrogens (tertiary/aromatic N) is 2. The molecule has 2 aromatic carbocycles. The van der Waals surface area contributed by atoms with Crippen LogP contribution in [0.5, 0.6) is 0 Å². The Kier molecular flexibility index (Phi) is 3.73. The number of fused-ring (bicyclic) bond motifs is 2. The van der Waals surface area contributed by atoms with Crippen molar-refractivity contribution < 1.29 is 4.79 Å². The number of benzene rings is 2. The molecule has 4 rings (SSSR count). The van der Waals surface area contributed by atoms with Crippen molar-refractivity contribution in [3.8, 4) is 0 Å². The molecule has 0 saturated carbocycles. The van der Waals surface area contributed by atoms with Crippen LogP contribution in [0.1, 0.15) is 17.5 Å². The van der Waals surface area contributed by atoms with Gasteiger partial charge >= 0.3 is 0 Å². The molecule has 1 aliphatic heterocycles. The largest absolute Gasteiger partial charge is 0.374 e. The molecule has 0 spiro atoms. The lowest BCUT2D eigenvalue weighted by molar-refractivity contribution is -0.118. The molecule has 5 heteroatoms. The normalized spacial score (nSPS) is 14.7. The Labute approximate surface area is 145 Å². The van der Waals surface area contributed by atoms with Crippen molar-refractivity contribution in [2.75, 3.05) is 16.8 Å². The van der Waals surface area contributed by atoms with Gasteiger partial charge in [-0.05, 0) is 50.1 Å². The van der Waals surface area contributed by atoms with Crippen molar-refractivity contribution >= 4 is 38.8 Å². The maximum atomic E-state index is 12.8.